The summed E-state index contributed by atoms with van der Waals surface area (Å²) in [6, 6.07) is 8.50. The van der Waals surface area contributed by atoms with Crippen LogP contribution in [0, 0.1) is 10.1 Å². The topological polar surface area (TPSA) is 81.5 Å². The number of hydrogen-bond donors (Lipinski definition) is 1. The van der Waals surface area contributed by atoms with Crippen molar-refractivity contribution in [1.82, 2.24) is 0 Å². The van der Waals surface area contributed by atoms with E-state index in [4.69, 9.17) is 4.74 Å². The van der Waals surface area contributed by atoms with Crippen LogP contribution in [0.5, 0.6) is 5.75 Å². The number of para-hydroxylation sites is 1. The standard InChI is InChI=1S/C16H13F3N2O4/c1-2-25-14-6-4-3-5-11(14)15(22)20-10-7-8-13(21(23)24)12(9-10)16(17,18)19/h3-9H,2H2,1H3,(H,20,22). The molecule has 25 heavy (non-hydrogen) atoms. The van der Waals surface area contributed by atoms with E-state index in [9.17, 15) is 28.1 Å². The monoisotopic (exact) mass is 354 g/mol. The fourth-order valence-electron chi connectivity index (χ4n) is 2.13. The zero-order valence-electron chi connectivity index (χ0n) is 13.0. The molecule has 0 aliphatic rings. The molecular weight excluding hydrogens is 341 g/mol. The minimum Gasteiger partial charge on any atom is -0.493 e. The Balaban J connectivity index is 2.35. The molecule has 0 heterocycles. The zero-order valence-corrected chi connectivity index (χ0v) is 13.0. The van der Waals surface area contributed by atoms with Crippen LogP contribution in [0.1, 0.15) is 22.8 Å². The van der Waals surface area contributed by atoms with Crippen molar-refractivity contribution >= 4 is 17.3 Å². The number of alkyl halides is 3. The average Bonchev–Trinajstić information content (AvgIpc) is 2.54. The van der Waals surface area contributed by atoms with E-state index in [1.165, 1.54) is 6.07 Å². The van der Waals surface area contributed by atoms with Gasteiger partial charge in [0, 0.05) is 11.8 Å². The Morgan fingerprint density at radius 3 is 2.52 bits per heavy atom. The molecule has 0 atom stereocenters. The first-order valence-electron chi connectivity index (χ1n) is 7.13. The molecule has 0 aliphatic carbocycles. The average molecular weight is 354 g/mol. The second-order valence-electron chi connectivity index (χ2n) is 4.87. The predicted octanol–water partition coefficient (Wildman–Crippen LogP) is 4.26. The Labute approximate surface area is 140 Å². The van der Waals surface area contributed by atoms with Gasteiger partial charge in [0.1, 0.15) is 11.3 Å². The maximum absolute atomic E-state index is 13.0. The van der Waals surface area contributed by atoms with E-state index in [0.717, 1.165) is 6.07 Å². The summed E-state index contributed by atoms with van der Waals surface area (Å²) in [4.78, 5) is 21.9. The fraction of sp³-hybridized carbons (Fsp3) is 0.188. The lowest BCUT2D eigenvalue weighted by Gasteiger charge is -2.12. The summed E-state index contributed by atoms with van der Waals surface area (Å²) in [5.41, 5.74) is -2.60. The summed E-state index contributed by atoms with van der Waals surface area (Å²) in [5, 5.41) is 13.0. The zero-order chi connectivity index (χ0) is 18.6. The highest BCUT2D eigenvalue weighted by Crippen LogP contribution is 2.37. The van der Waals surface area contributed by atoms with Crippen LogP contribution >= 0.6 is 0 Å². The number of nitrogens with zero attached hydrogens (tertiary/aromatic N) is 1. The van der Waals surface area contributed by atoms with Crippen LogP contribution in [0.2, 0.25) is 0 Å². The lowest BCUT2D eigenvalue weighted by atomic mass is 10.1. The van der Waals surface area contributed by atoms with Gasteiger partial charge in [-0.1, -0.05) is 12.1 Å². The van der Waals surface area contributed by atoms with Crippen molar-refractivity contribution in [2.24, 2.45) is 0 Å². The van der Waals surface area contributed by atoms with E-state index < -0.39 is 28.3 Å². The molecule has 0 bridgehead atoms. The number of nitro benzene ring substituents is 1. The van der Waals surface area contributed by atoms with Gasteiger partial charge in [0.15, 0.2) is 0 Å². The van der Waals surface area contributed by atoms with Gasteiger partial charge in [-0.25, -0.2) is 0 Å². The van der Waals surface area contributed by atoms with E-state index in [0.29, 0.717) is 18.7 Å². The van der Waals surface area contributed by atoms with Crippen molar-refractivity contribution in [1.29, 1.82) is 0 Å². The molecule has 6 nitrogen and oxygen atoms in total. The van der Waals surface area contributed by atoms with Crippen molar-refractivity contribution < 1.29 is 27.6 Å². The number of benzene rings is 2. The first kappa shape index (κ1) is 18.2. The lowest BCUT2D eigenvalue weighted by molar-refractivity contribution is -0.388. The SMILES string of the molecule is CCOc1ccccc1C(=O)Nc1ccc([N+](=O)[O-])c(C(F)(F)F)c1. The highest BCUT2D eigenvalue weighted by atomic mass is 19.4. The van der Waals surface area contributed by atoms with Gasteiger partial charge < -0.3 is 10.1 Å². The summed E-state index contributed by atoms with van der Waals surface area (Å²) in [6.07, 6.45) is -4.92. The third-order valence-corrected chi connectivity index (χ3v) is 3.19. The Morgan fingerprint density at radius 2 is 1.92 bits per heavy atom. The van der Waals surface area contributed by atoms with Gasteiger partial charge in [0.25, 0.3) is 11.6 Å². The first-order valence-corrected chi connectivity index (χ1v) is 7.13. The molecule has 0 unspecified atom stereocenters. The van der Waals surface area contributed by atoms with Gasteiger partial charge in [-0.05, 0) is 31.2 Å². The highest BCUT2D eigenvalue weighted by Gasteiger charge is 2.38. The molecule has 2 rings (SSSR count). The normalized spacial score (nSPS) is 11.0. The number of anilines is 1. The predicted molar refractivity (Wildman–Crippen MR) is 83.7 cm³/mol. The molecular formula is C16H13F3N2O4. The van der Waals surface area contributed by atoms with Crippen molar-refractivity contribution in [2.75, 3.05) is 11.9 Å². The second kappa shape index (κ2) is 7.20. The van der Waals surface area contributed by atoms with E-state index in [2.05, 4.69) is 5.32 Å². The number of hydrogen-bond acceptors (Lipinski definition) is 4. The maximum Gasteiger partial charge on any atom is 0.423 e. The Hall–Kier alpha value is -3.10. The lowest BCUT2D eigenvalue weighted by Crippen LogP contribution is -2.15. The van der Waals surface area contributed by atoms with Crippen molar-refractivity contribution in [3.8, 4) is 5.75 Å². The van der Waals surface area contributed by atoms with Gasteiger partial charge in [0.05, 0.1) is 17.1 Å². The molecule has 0 fully saturated rings. The molecule has 132 valence electrons. The number of nitro groups is 1. The minimum atomic E-state index is -4.92. The van der Waals surface area contributed by atoms with Crippen LogP contribution < -0.4 is 10.1 Å². The molecule has 0 radical (unpaired) electrons. The van der Waals surface area contributed by atoms with Crippen molar-refractivity contribution in [3.63, 3.8) is 0 Å². The Kier molecular flexibility index (Phi) is 5.26. The number of amides is 1. The van der Waals surface area contributed by atoms with E-state index in [1.54, 1.807) is 25.1 Å². The molecule has 2 aromatic carbocycles. The van der Waals surface area contributed by atoms with E-state index in [1.807, 2.05) is 0 Å². The van der Waals surface area contributed by atoms with E-state index in [-0.39, 0.29) is 17.0 Å². The smallest absolute Gasteiger partial charge is 0.423 e. The van der Waals surface area contributed by atoms with Crippen LogP contribution in [-0.4, -0.2) is 17.4 Å². The van der Waals surface area contributed by atoms with Crippen LogP contribution in [-0.2, 0) is 6.18 Å². The van der Waals surface area contributed by atoms with Gasteiger partial charge in [-0.2, -0.15) is 13.2 Å². The number of nitrogens with one attached hydrogen (secondary N) is 1. The molecule has 2 aromatic rings. The van der Waals surface area contributed by atoms with Crippen LogP contribution in [0.4, 0.5) is 24.5 Å². The summed E-state index contributed by atoms with van der Waals surface area (Å²) in [6.45, 7) is 2.03. The van der Waals surface area contributed by atoms with Crippen molar-refractivity contribution in [2.45, 2.75) is 13.1 Å². The highest BCUT2D eigenvalue weighted by molar-refractivity contribution is 6.06. The molecule has 1 amide bonds. The molecule has 1 N–H and O–H groups in total. The first-order chi connectivity index (χ1) is 11.7. The van der Waals surface area contributed by atoms with E-state index >= 15 is 0 Å². The molecule has 0 saturated carbocycles. The van der Waals surface area contributed by atoms with Crippen molar-refractivity contribution in [3.05, 3.63) is 63.7 Å². The number of halogens is 3. The summed E-state index contributed by atoms with van der Waals surface area (Å²) >= 11 is 0. The quantitative estimate of drug-likeness (QED) is 0.642. The van der Waals surface area contributed by atoms with Gasteiger partial charge in [0.2, 0.25) is 0 Å². The van der Waals surface area contributed by atoms with Crippen LogP contribution in [0.15, 0.2) is 42.5 Å². The molecule has 0 aliphatic heterocycles. The van der Waals surface area contributed by atoms with Crippen LogP contribution in [0.3, 0.4) is 0 Å². The third kappa shape index (κ3) is 4.25. The fourth-order valence-corrected chi connectivity index (χ4v) is 2.13. The number of carbonyl (C=O) groups is 1. The number of carbonyl (C=O) groups excluding carboxylic acids is 1. The van der Waals surface area contributed by atoms with Crippen LogP contribution in [0.25, 0.3) is 0 Å². The van der Waals surface area contributed by atoms with Gasteiger partial charge in [-0.3, -0.25) is 14.9 Å². The molecule has 9 heteroatoms. The Bertz CT molecular complexity index is 806. The number of ether oxygens (including phenoxy) is 1. The van der Waals surface area contributed by atoms with Gasteiger partial charge in [-0.15, -0.1) is 0 Å². The molecule has 0 aromatic heterocycles. The largest absolute Gasteiger partial charge is 0.493 e. The summed E-state index contributed by atoms with van der Waals surface area (Å²) in [5.74, 6) is -0.411. The Morgan fingerprint density at radius 1 is 1.24 bits per heavy atom. The minimum absolute atomic E-state index is 0.135. The second-order valence-corrected chi connectivity index (χ2v) is 4.87. The molecule has 0 spiro atoms. The molecule has 0 saturated heterocycles. The third-order valence-electron chi connectivity index (χ3n) is 3.19. The maximum atomic E-state index is 13.0. The summed E-state index contributed by atoms with van der Waals surface area (Å²) < 4.78 is 44.2. The number of rotatable bonds is 5. The summed E-state index contributed by atoms with van der Waals surface area (Å²) in [7, 11) is 0. The van der Waals surface area contributed by atoms with Gasteiger partial charge >= 0.3 is 6.18 Å².